The number of nitrogens with one attached hydrogen (secondary N) is 1. The molecule has 0 fully saturated rings. The van der Waals surface area contributed by atoms with Gasteiger partial charge in [0.1, 0.15) is 11.9 Å². The molecule has 0 saturated heterocycles. The molecule has 5 heteroatoms. The Morgan fingerprint density at radius 2 is 2.32 bits per heavy atom. The van der Waals surface area contributed by atoms with Crippen LogP contribution in [0.15, 0.2) is 29.0 Å². The van der Waals surface area contributed by atoms with Gasteiger partial charge in [-0.3, -0.25) is 4.79 Å². The highest BCUT2D eigenvalue weighted by Crippen LogP contribution is 2.39. The number of ether oxygens (including phenoxy) is 1. The van der Waals surface area contributed by atoms with E-state index in [4.69, 9.17) is 16.3 Å². The van der Waals surface area contributed by atoms with E-state index in [0.29, 0.717) is 18.0 Å². The minimum atomic E-state index is -0.0361. The number of carbonyl (C=O) groups is 1. The van der Waals surface area contributed by atoms with E-state index >= 15 is 0 Å². The number of hydrogen-bond donors (Lipinski definition) is 1. The van der Waals surface area contributed by atoms with Gasteiger partial charge in [-0.05, 0) is 46.5 Å². The third-order valence-electron chi connectivity index (χ3n) is 3.71. The predicted molar refractivity (Wildman–Crippen MR) is 90.8 cm³/mol. The van der Waals surface area contributed by atoms with Crippen LogP contribution in [0, 0.1) is 0 Å². The largest absolute Gasteiger partial charge is 0.486 e. The van der Waals surface area contributed by atoms with Crippen LogP contribution in [0.25, 0.3) is 11.1 Å². The molecule has 1 atom stereocenters. The van der Waals surface area contributed by atoms with Crippen molar-refractivity contribution in [3.05, 3.63) is 39.5 Å². The van der Waals surface area contributed by atoms with Crippen molar-refractivity contribution in [1.29, 1.82) is 0 Å². The quantitative estimate of drug-likeness (QED) is 0.885. The van der Waals surface area contributed by atoms with Crippen LogP contribution in [0.3, 0.4) is 0 Å². The molecule has 0 unspecified atom stereocenters. The third-order valence-corrected chi connectivity index (χ3v) is 4.68. The number of benzene rings is 1. The Kier molecular flexibility index (Phi) is 4.69. The lowest BCUT2D eigenvalue weighted by Crippen LogP contribution is -2.34. The standard InChI is InChI=1S/C17H18ClNO2S/c1-2-3-16(20)19-9-14-7-13-6-12(11-4-5-22-10-11)8-15(18)17(13)21-14/h4-6,8,10,14H,2-3,7,9H2,1H3,(H,19,20)/t14-/m0/s1. The second-order valence-corrected chi connectivity index (χ2v) is 6.64. The highest BCUT2D eigenvalue weighted by atomic mass is 35.5. The number of fused-ring (bicyclic) bond motifs is 1. The molecule has 2 aromatic rings. The van der Waals surface area contributed by atoms with E-state index in [-0.39, 0.29) is 12.0 Å². The fourth-order valence-corrected chi connectivity index (χ4v) is 3.59. The van der Waals surface area contributed by atoms with E-state index in [1.165, 1.54) is 5.56 Å². The summed E-state index contributed by atoms with van der Waals surface area (Å²) in [5.74, 6) is 0.836. The van der Waals surface area contributed by atoms with Crippen LogP contribution in [-0.4, -0.2) is 18.6 Å². The number of thiophene rings is 1. The van der Waals surface area contributed by atoms with E-state index in [0.717, 1.165) is 29.7 Å². The van der Waals surface area contributed by atoms with Gasteiger partial charge >= 0.3 is 0 Å². The molecule has 1 amide bonds. The van der Waals surface area contributed by atoms with Gasteiger partial charge in [-0.25, -0.2) is 0 Å². The Morgan fingerprint density at radius 1 is 1.45 bits per heavy atom. The average Bonchev–Trinajstić information content (AvgIpc) is 3.14. The molecule has 3 rings (SSSR count). The first-order chi connectivity index (χ1) is 10.7. The smallest absolute Gasteiger partial charge is 0.220 e. The Morgan fingerprint density at radius 3 is 3.05 bits per heavy atom. The van der Waals surface area contributed by atoms with Crippen molar-refractivity contribution in [1.82, 2.24) is 5.32 Å². The van der Waals surface area contributed by atoms with Gasteiger partial charge in [0, 0.05) is 18.4 Å². The van der Waals surface area contributed by atoms with Crippen LogP contribution in [0.2, 0.25) is 5.02 Å². The number of halogens is 1. The summed E-state index contributed by atoms with van der Waals surface area (Å²) in [6, 6.07) is 6.17. The fraction of sp³-hybridized carbons (Fsp3) is 0.353. The van der Waals surface area contributed by atoms with Crippen molar-refractivity contribution < 1.29 is 9.53 Å². The molecule has 0 radical (unpaired) electrons. The van der Waals surface area contributed by atoms with Crippen LogP contribution < -0.4 is 10.1 Å². The maximum absolute atomic E-state index is 11.6. The molecule has 0 aliphatic carbocycles. The Labute approximate surface area is 139 Å². The molecule has 1 aliphatic heterocycles. The molecule has 0 saturated carbocycles. The lowest BCUT2D eigenvalue weighted by Gasteiger charge is -2.12. The minimum absolute atomic E-state index is 0.0361. The third kappa shape index (κ3) is 3.28. The minimum Gasteiger partial charge on any atom is -0.486 e. The molecule has 22 heavy (non-hydrogen) atoms. The van der Waals surface area contributed by atoms with Gasteiger partial charge in [-0.15, -0.1) is 0 Å². The fourth-order valence-electron chi connectivity index (χ4n) is 2.64. The summed E-state index contributed by atoms with van der Waals surface area (Å²) in [5, 5.41) is 7.72. The molecular weight excluding hydrogens is 318 g/mol. The topological polar surface area (TPSA) is 38.3 Å². The average molecular weight is 336 g/mol. The van der Waals surface area contributed by atoms with Gasteiger partial charge in [0.25, 0.3) is 0 Å². The highest BCUT2D eigenvalue weighted by molar-refractivity contribution is 7.08. The molecular formula is C17H18ClNO2S. The molecule has 1 aliphatic rings. The maximum Gasteiger partial charge on any atom is 0.220 e. The lowest BCUT2D eigenvalue weighted by molar-refractivity contribution is -0.121. The molecule has 1 aromatic carbocycles. The van der Waals surface area contributed by atoms with Gasteiger partial charge in [0.05, 0.1) is 11.6 Å². The number of hydrogen-bond acceptors (Lipinski definition) is 3. The van der Waals surface area contributed by atoms with E-state index < -0.39 is 0 Å². The molecule has 0 spiro atoms. The number of rotatable bonds is 5. The SMILES string of the molecule is CCCC(=O)NC[C@@H]1Cc2cc(-c3ccsc3)cc(Cl)c2O1. The predicted octanol–water partition coefficient (Wildman–Crippen LogP) is 4.29. The van der Waals surface area contributed by atoms with Crippen LogP contribution >= 0.6 is 22.9 Å². The van der Waals surface area contributed by atoms with Crippen molar-refractivity contribution in [2.24, 2.45) is 0 Å². The second kappa shape index (κ2) is 6.71. The zero-order valence-electron chi connectivity index (χ0n) is 12.4. The highest BCUT2D eigenvalue weighted by Gasteiger charge is 2.26. The Balaban J connectivity index is 1.70. The van der Waals surface area contributed by atoms with Gasteiger partial charge in [0.2, 0.25) is 5.91 Å². The molecule has 116 valence electrons. The molecule has 2 heterocycles. The summed E-state index contributed by atoms with van der Waals surface area (Å²) in [5.41, 5.74) is 3.40. The molecule has 3 nitrogen and oxygen atoms in total. The summed E-state index contributed by atoms with van der Waals surface area (Å²) in [7, 11) is 0. The van der Waals surface area contributed by atoms with Crippen LogP contribution in [0.4, 0.5) is 0 Å². The summed E-state index contributed by atoms with van der Waals surface area (Å²) < 4.78 is 5.89. The number of amides is 1. The molecule has 1 N–H and O–H groups in total. The summed E-state index contributed by atoms with van der Waals surface area (Å²) in [6.07, 6.45) is 2.15. The van der Waals surface area contributed by atoms with Crippen molar-refractivity contribution in [3.8, 4) is 16.9 Å². The first kappa shape index (κ1) is 15.4. The van der Waals surface area contributed by atoms with Crippen LogP contribution in [0.5, 0.6) is 5.75 Å². The summed E-state index contributed by atoms with van der Waals surface area (Å²) >= 11 is 8.03. The van der Waals surface area contributed by atoms with Crippen molar-refractivity contribution >= 4 is 28.8 Å². The normalized spacial score (nSPS) is 16.2. The van der Waals surface area contributed by atoms with Crippen molar-refractivity contribution in [3.63, 3.8) is 0 Å². The zero-order valence-corrected chi connectivity index (χ0v) is 14.0. The molecule has 1 aromatic heterocycles. The van der Waals surface area contributed by atoms with Gasteiger partial charge in [-0.2, -0.15) is 11.3 Å². The second-order valence-electron chi connectivity index (χ2n) is 5.46. The van der Waals surface area contributed by atoms with Crippen molar-refractivity contribution in [2.75, 3.05) is 6.54 Å². The first-order valence-corrected chi connectivity index (χ1v) is 8.77. The Bertz CT molecular complexity index is 670. The summed E-state index contributed by atoms with van der Waals surface area (Å²) in [4.78, 5) is 11.6. The van der Waals surface area contributed by atoms with Crippen molar-refractivity contribution in [2.45, 2.75) is 32.3 Å². The van der Waals surface area contributed by atoms with E-state index in [9.17, 15) is 4.79 Å². The summed E-state index contributed by atoms with van der Waals surface area (Å²) in [6.45, 7) is 2.52. The van der Waals surface area contributed by atoms with Gasteiger partial charge in [-0.1, -0.05) is 18.5 Å². The number of carbonyl (C=O) groups excluding carboxylic acids is 1. The van der Waals surface area contributed by atoms with Gasteiger partial charge in [0.15, 0.2) is 0 Å². The van der Waals surface area contributed by atoms with E-state index in [1.807, 2.05) is 13.0 Å². The Hall–Kier alpha value is -1.52. The monoisotopic (exact) mass is 335 g/mol. The zero-order chi connectivity index (χ0) is 15.5. The molecule has 0 bridgehead atoms. The maximum atomic E-state index is 11.6. The van der Waals surface area contributed by atoms with E-state index in [2.05, 4.69) is 28.2 Å². The van der Waals surface area contributed by atoms with E-state index in [1.54, 1.807) is 11.3 Å². The first-order valence-electron chi connectivity index (χ1n) is 7.45. The van der Waals surface area contributed by atoms with Crippen LogP contribution in [-0.2, 0) is 11.2 Å². The van der Waals surface area contributed by atoms with Gasteiger partial charge < -0.3 is 10.1 Å². The lowest BCUT2D eigenvalue weighted by atomic mass is 10.0. The van der Waals surface area contributed by atoms with Crippen LogP contribution in [0.1, 0.15) is 25.3 Å².